The number of aromatic nitrogens is 6. The Morgan fingerprint density at radius 3 is 1.45 bits per heavy atom. The first kappa shape index (κ1) is 72.3. The fourth-order valence-corrected chi connectivity index (χ4v) is 14.1. The number of anilines is 2. The summed E-state index contributed by atoms with van der Waals surface area (Å²) >= 11 is 5.69. The Kier molecular flexibility index (Phi) is 21.3. The molecule has 3 fully saturated rings. The lowest BCUT2D eigenvalue weighted by Gasteiger charge is -2.32. The molecule has 96 heavy (non-hydrogen) atoms. The summed E-state index contributed by atoms with van der Waals surface area (Å²) in [6.07, 6.45) is 9.29. The van der Waals surface area contributed by atoms with Gasteiger partial charge in [0.25, 0.3) is 20.0 Å². The second-order valence-corrected chi connectivity index (χ2v) is 30.9. The molecule has 2 saturated carbocycles. The molecule has 8 aromatic rings. The van der Waals surface area contributed by atoms with Crippen LogP contribution in [0.1, 0.15) is 132 Å². The van der Waals surface area contributed by atoms with Gasteiger partial charge < -0.3 is 40.0 Å². The molecule has 11 rings (SSSR count). The Morgan fingerprint density at radius 2 is 0.990 bits per heavy atom. The van der Waals surface area contributed by atoms with Crippen LogP contribution in [0.4, 0.5) is 47.6 Å². The molecule has 4 N–H and O–H groups in total. The number of carbonyl (C=O) groups is 2. The van der Waals surface area contributed by atoms with Crippen LogP contribution in [-0.2, 0) is 38.8 Å². The number of ether oxygens (including phenoxy) is 2. The van der Waals surface area contributed by atoms with Crippen LogP contribution < -0.4 is 26.7 Å². The summed E-state index contributed by atoms with van der Waals surface area (Å²) in [5, 5.41) is 11.8. The Labute approximate surface area is 558 Å². The first-order chi connectivity index (χ1) is 44.8. The lowest BCUT2D eigenvalue weighted by molar-refractivity contribution is 0.00578. The van der Waals surface area contributed by atoms with Crippen molar-refractivity contribution in [2.45, 2.75) is 191 Å². The SMILES string of the molecule is CC(C)(C)OC(=O)N[C@@H]1CCC[C@H](Nc2nc(Cl)ncc2F)C1.Cc1ccc(S(=O)(=O)n2cc(-c3ncc(F)c(N[C@H]4CCC[C@@H](NC(=O)OC(C)(C)C)C4)n3)c3cc(F)cc(F)c32)cc1.Cc1ccc(S(=O)(=O)n2cc(B3OC(C)(C)C(C)(C)O3)c3cc(F)cc(F)c32)cc1. The third kappa shape index (κ3) is 17.0. The molecule has 514 valence electrons. The van der Waals surface area contributed by atoms with Crippen LogP contribution >= 0.6 is 11.6 Å². The molecule has 0 spiro atoms. The van der Waals surface area contributed by atoms with Crippen LogP contribution in [0.15, 0.2) is 107 Å². The molecule has 4 aromatic heterocycles. The standard InChI is InChI=1S/C30H32F3N5O4S.C21H22BF2NO4S.C15H22ClFN4O2/c1-17-8-10-21(11-9-17)43(40,41)38-16-23(22-12-18(31)13-24(32)26(22)38)27-34-15-25(33)28(37-27)35-19-6-5-7-20(14-19)36-29(39)42-30(2,3)4;1-13-6-8-15(9-7-13)30(26,27)25-12-17(16-10-14(23)11-18(24)19(16)25)22-28-20(2,3)21(4,5)29-22;1-15(2,3)23-14(22)20-10-6-4-5-9(7-10)19-12-11(17)8-18-13(16)21-12/h8-13,15-16,19-20H,5-7,14H2,1-4H3,(H,36,39)(H,34,35,37);6-12H,1-5H3;8-10H,4-7H2,1-3H3,(H,20,22)(H,18,19,21)/t19-,20+;;9-,10+/m0.0/s1. The molecule has 20 nitrogen and oxygen atoms in total. The van der Waals surface area contributed by atoms with Crippen molar-refractivity contribution < 1.29 is 71.5 Å². The molecule has 3 aliphatic rings. The number of fused-ring (bicyclic) bond motifs is 2. The van der Waals surface area contributed by atoms with E-state index in [0.29, 0.717) is 31.4 Å². The molecule has 4 aromatic carbocycles. The highest BCUT2D eigenvalue weighted by Gasteiger charge is 2.53. The van der Waals surface area contributed by atoms with Crippen molar-refractivity contribution >= 4 is 89.9 Å². The van der Waals surface area contributed by atoms with Gasteiger partial charge in [0.15, 0.2) is 40.7 Å². The predicted octanol–water partition coefficient (Wildman–Crippen LogP) is 13.6. The molecule has 0 radical (unpaired) electrons. The number of amides is 2. The molecule has 0 unspecified atom stereocenters. The van der Waals surface area contributed by atoms with Crippen molar-refractivity contribution in [3.63, 3.8) is 0 Å². The van der Waals surface area contributed by atoms with E-state index in [4.69, 9.17) is 30.4 Å². The number of nitrogens with zero attached hydrogens (tertiary/aromatic N) is 6. The third-order valence-corrected chi connectivity index (χ3v) is 20.0. The van der Waals surface area contributed by atoms with Gasteiger partial charge in [-0.25, -0.2) is 75.7 Å². The highest BCUT2D eigenvalue weighted by molar-refractivity contribution is 7.90. The van der Waals surface area contributed by atoms with Gasteiger partial charge in [0.2, 0.25) is 5.28 Å². The largest absolute Gasteiger partial charge is 0.497 e. The monoisotopic (exact) mass is 1390 g/mol. The second kappa shape index (κ2) is 28.2. The zero-order valence-electron chi connectivity index (χ0n) is 55.0. The first-order valence-electron chi connectivity index (χ1n) is 31.0. The Hall–Kier alpha value is -7.99. The van der Waals surface area contributed by atoms with Crippen LogP contribution in [0, 0.1) is 48.8 Å². The molecule has 30 heteroatoms. The van der Waals surface area contributed by atoms with Gasteiger partial charge in [-0.05, 0) is 182 Å². The van der Waals surface area contributed by atoms with E-state index in [1.165, 1.54) is 30.5 Å². The number of carbonyl (C=O) groups excluding carboxylic acids is 2. The van der Waals surface area contributed by atoms with E-state index in [2.05, 4.69) is 41.2 Å². The van der Waals surface area contributed by atoms with Crippen LogP contribution in [0.5, 0.6) is 0 Å². The maximum atomic E-state index is 15.1. The van der Waals surface area contributed by atoms with Gasteiger partial charge in [0, 0.05) is 70.5 Å². The van der Waals surface area contributed by atoms with Crippen molar-refractivity contribution in [3.05, 3.63) is 149 Å². The van der Waals surface area contributed by atoms with Crippen molar-refractivity contribution in [1.29, 1.82) is 0 Å². The van der Waals surface area contributed by atoms with Gasteiger partial charge in [-0.3, -0.25) is 0 Å². The van der Waals surface area contributed by atoms with Gasteiger partial charge in [-0.1, -0.05) is 35.4 Å². The molecule has 1 aliphatic heterocycles. The van der Waals surface area contributed by atoms with Crippen molar-refractivity contribution in [3.8, 4) is 11.4 Å². The number of benzene rings is 4. The van der Waals surface area contributed by atoms with Crippen LogP contribution in [-0.4, -0.2) is 111 Å². The zero-order chi connectivity index (χ0) is 70.2. The molecule has 1 saturated heterocycles. The second-order valence-electron chi connectivity index (χ2n) is 26.9. The number of aryl methyl sites for hydroxylation is 2. The van der Waals surface area contributed by atoms with E-state index < -0.39 is 96.7 Å². The molecular formula is C66H76BClF6N10O10S2. The van der Waals surface area contributed by atoms with Crippen molar-refractivity contribution in [2.24, 2.45) is 0 Å². The smallest absolute Gasteiger partial charge is 0.444 e. The van der Waals surface area contributed by atoms with E-state index in [-0.39, 0.29) is 89.5 Å². The van der Waals surface area contributed by atoms with Crippen molar-refractivity contribution in [1.82, 2.24) is 38.5 Å². The molecule has 0 bridgehead atoms. The maximum absolute atomic E-state index is 15.1. The lowest BCUT2D eigenvalue weighted by Crippen LogP contribution is -2.44. The van der Waals surface area contributed by atoms with Gasteiger partial charge in [0.05, 0.1) is 38.9 Å². The molecular weight excluding hydrogens is 1320 g/mol. The van der Waals surface area contributed by atoms with Gasteiger partial charge >= 0.3 is 19.3 Å². The van der Waals surface area contributed by atoms with Crippen LogP contribution in [0.3, 0.4) is 0 Å². The molecule has 2 amide bonds. The van der Waals surface area contributed by atoms with E-state index >= 15 is 4.39 Å². The topological polar surface area (TPSA) is 249 Å². The van der Waals surface area contributed by atoms with E-state index in [9.17, 15) is 48.4 Å². The summed E-state index contributed by atoms with van der Waals surface area (Å²) in [5.74, 6) is -5.33. The first-order valence-corrected chi connectivity index (χ1v) is 34.3. The zero-order valence-corrected chi connectivity index (χ0v) is 57.4. The van der Waals surface area contributed by atoms with Gasteiger partial charge in [-0.2, -0.15) is 4.98 Å². The summed E-state index contributed by atoms with van der Waals surface area (Å²) in [5.41, 5.74) is -1.25. The van der Waals surface area contributed by atoms with E-state index in [1.54, 1.807) is 52.0 Å². The summed E-state index contributed by atoms with van der Waals surface area (Å²) in [7, 11) is -9.43. The summed E-state index contributed by atoms with van der Waals surface area (Å²) in [6, 6.07) is 15.1. The van der Waals surface area contributed by atoms with Gasteiger partial charge in [-0.15, -0.1) is 0 Å². The summed E-state index contributed by atoms with van der Waals surface area (Å²) < 4.78 is 165. The fraction of sp³-hybridized carbons (Fsp3) is 0.424. The normalized spacial score (nSPS) is 18.8. The number of alkyl carbamates (subject to hydrolysis) is 2. The Balaban J connectivity index is 0.000000178. The van der Waals surface area contributed by atoms with Gasteiger partial charge in [0.1, 0.15) is 28.4 Å². The molecule has 5 heterocycles. The van der Waals surface area contributed by atoms with Crippen molar-refractivity contribution in [2.75, 3.05) is 10.6 Å². The molecule has 2 aliphatic carbocycles. The predicted molar refractivity (Wildman–Crippen MR) is 353 cm³/mol. The molecule has 4 atom stereocenters. The fourth-order valence-electron chi connectivity index (χ4n) is 11.2. The quantitative estimate of drug-likeness (QED) is 0.0504. The highest BCUT2D eigenvalue weighted by Crippen LogP contribution is 2.39. The maximum Gasteiger partial charge on any atom is 0.497 e. The number of nitrogens with one attached hydrogen (secondary N) is 4. The number of hydrogen-bond acceptors (Lipinski definition) is 16. The Morgan fingerprint density at radius 1 is 0.583 bits per heavy atom. The minimum Gasteiger partial charge on any atom is -0.444 e. The highest BCUT2D eigenvalue weighted by atomic mass is 35.5. The van der Waals surface area contributed by atoms with E-state index in [1.807, 2.05) is 55.4 Å². The number of hydrogen-bond donors (Lipinski definition) is 4. The summed E-state index contributed by atoms with van der Waals surface area (Å²) in [4.78, 5) is 39.8. The third-order valence-electron chi connectivity index (χ3n) is 16.4. The van der Waals surface area contributed by atoms with E-state index in [0.717, 1.165) is 81.9 Å². The Bertz CT molecular complexity index is 4420. The minimum absolute atomic E-state index is 0.000231. The number of rotatable bonds is 12. The lowest BCUT2D eigenvalue weighted by atomic mass is 9.79. The number of halogens is 7. The van der Waals surface area contributed by atoms with Crippen LogP contribution in [0.25, 0.3) is 33.2 Å². The average Bonchev–Trinajstić information content (AvgIpc) is 1.58. The minimum atomic E-state index is -4.31. The summed E-state index contributed by atoms with van der Waals surface area (Å²) in [6.45, 7) is 21.8. The average molecular weight is 1390 g/mol. The van der Waals surface area contributed by atoms with Crippen LogP contribution in [0.2, 0.25) is 5.28 Å².